The van der Waals surface area contributed by atoms with Crippen LogP contribution in [-0.2, 0) is 20.7 Å². The molecule has 1 aromatic carbocycles. The summed E-state index contributed by atoms with van der Waals surface area (Å²) >= 11 is 1.22. The van der Waals surface area contributed by atoms with Crippen LogP contribution in [0.15, 0.2) is 29.6 Å². The Morgan fingerprint density at radius 2 is 2.08 bits per heavy atom. The van der Waals surface area contributed by atoms with Gasteiger partial charge in [-0.1, -0.05) is 0 Å². The topological polar surface area (TPSA) is 101 Å². The van der Waals surface area contributed by atoms with Crippen molar-refractivity contribution in [3.63, 3.8) is 0 Å². The molecule has 2 aromatic rings. The van der Waals surface area contributed by atoms with E-state index >= 15 is 0 Å². The van der Waals surface area contributed by atoms with Gasteiger partial charge >= 0.3 is 5.97 Å². The summed E-state index contributed by atoms with van der Waals surface area (Å²) in [5, 5.41) is 13.5. The summed E-state index contributed by atoms with van der Waals surface area (Å²) in [6.45, 7) is 3.66. The summed E-state index contributed by atoms with van der Waals surface area (Å²) in [6, 6.07) is 8.50. The van der Waals surface area contributed by atoms with E-state index in [0.717, 1.165) is 0 Å². The lowest BCUT2D eigenvalue weighted by Gasteiger charge is -2.13. The molecule has 0 radical (unpaired) electrons. The molecule has 2 rings (SSSR count). The van der Waals surface area contributed by atoms with Gasteiger partial charge in [0, 0.05) is 5.38 Å². The van der Waals surface area contributed by atoms with Crippen LogP contribution >= 0.6 is 11.3 Å². The molecule has 1 unspecified atom stereocenters. The van der Waals surface area contributed by atoms with Crippen LogP contribution in [0.1, 0.15) is 25.1 Å². The van der Waals surface area contributed by atoms with Gasteiger partial charge in [0.2, 0.25) is 0 Å². The van der Waals surface area contributed by atoms with Gasteiger partial charge in [-0.05, 0) is 38.1 Å². The Kier molecular flexibility index (Phi) is 6.48. The van der Waals surface area contributed by atoms with Crippen molar-refractivity contribution < 1.29 is 19.1 Å². The number of nitriles is 1. The van der Waals surface area contributed by atoms with E-state index in [1.807, 2.05) is 6.07 Å². The minimum Gasteiger partial charge on any atom is -0.481 e. The second-order valence-corrected chi connectivity index (χ2v) is 5.87. The normalized spacial score (nSPS) is 11.2. The molecule has 0 saturated carbocycles. The molecule has 0 saturated heterocycles. The van der Waals surface area contributed by atoms with Crippen LogP contribution in [0, 0.1) is 11.3 Å². The van der Waals surface area contributed by atoms with Crippen LogP contribution in [0.2, 0.25) is 0 Å². The third-order valence-electron chi connectivity index (χ3n) is 3.08. The van der Waals surface area contributed by atoms with E-state index in [-0.39, 0.29) is 18.3 Å². The first-order chi connectivity index (χ1) is 12.0. The predicted octanol–water partition coefficient (Wildman–Crippen LogP) is 2.53. The summed E-state index contributed by atoms with van der Waals surface area (Å²) in [7, 11) is 0. The number of ether oxygens (including phenoxy) is 2. The van der Waals surface area contributed by atoms with Crippen LogP contribution in [0.4, 0.5) is 5.13 Å². The van der Waals surface area contributed by atoms with Gasteiger partial charge in [-0.15, -0.1) is 11.3 Å². The van der Waals surface area contributed by atoms with E-state index in [2.05, 4.69) is 10.3 Å². The Hall–Kier alpha value is -2.92. The molecular weight excluding hydrogens is 342 g/mol. The molecule has 7 nitrogen and oxygen atoms in total. The zero-order chi connectivity index (χ0) is 18.2. The van der Waals surface area contributed by atoms with Crippen molar-refractivity contribution in [1.29, 1.82) is 5.26 Å². The Morgan fingerprint density at radius 1 is 1.36 bits per heavy atom. The van der Waals surface area contributed by atoms with Gasteiger partial charge in [-0.2, -0.15) is 5.26 Å². The highest BCUT2D eigenvalue weighted by Crippen LogP contribution is 2.18. The van der Waals surface area contributed by atoms with E-state index in [1.54, 1.807) is 43.5 Å². The number of rotatable bonds is 7. The van der Waals surface area contributed by atoms with Crippen molar-refractivity contribution in [1.82, 2.24) is 4.98 Å². The van der Waals surface area contributed by atoms with E-state index in [0.29, 0.717) is 28.7 Å². The number of aromatic nitrogens is 1. The van der Waals surface area contributed by atoms with Crippen molar-refractivity contribution in [3.05, 3.63) is 40.9 Å². The summed E-state index contributed by atoms with van der Waals surface area (Å²) in [5.74, 6) is -0.228. The third kappa shape index (κ3) is 5.58. The molecule has 1 N–H and O–H groups in total. The lowest BCUT2D eigenvalue weighted by atomic mass is 10.2. The van der Waals surface area contributed by atoms with Gasteiger partial charge in [0.05, 0.1) is 30.4 Å². The second kappa shape index (κ2) is 8.80. The fourth-order valence-corrected chi connectivity index (χ4v) is 2.59. The number of hydrogen-bond donors (Lipinski definition) is 1. The first-order valence-corrected chi connectivity index (χ1v) is 8.47. The maximum Gasteiger partial charge on any atom is 0.311 e. The standard InChI is InChI=1S/C17H17N3O4S/c1-3-23-15(21)8-13-10-25-17(19-13)20-16(22)11(2)24-14-6-4-12(9-18)5-7-14/h4-7,10-11H,3,8H2,1-2H3,(H,19,20,22). The monoisotopic (exact) mass is 359 g/mol. The first kappa shape index (κ1) is 18.4. The van der Waals surface area contributed by atoms with Gasteiger partial charge < -0.3 is 9.47 Å². The van der Waals surface area contributed by atoms with Crippen molar-refractivity contribution in [2.75, 3.05) is 11.9 Å². The number of hydrogen-bond acceptors (Lipinski definition) is 7. The molecule has 1 heterocycles. The highest BCUT2D eigenvalue weighted by Gasteiger charge is 2.17. The average Bonchev–Trinajstić information content (AvgIpc) is 3.02. The van der Waals surface area contributed by atoms with Gasteiger partial charge in [0.25, 0.3) is 5.91 Å². The van der Waals surface area contributed by atoms with E-state index in [9.17, 15) is 9.59 Å². The van der Waals surface area contributed by atoms with Gasteiger partial charge in [-0.25, -0.2) is 4.98 Å². The van der Waals surface area contributed by atoms with Gasteiger partial charge in [0.15, 0.2) is 11.2 Å². The molecule has 1 amide bonds. The van der Waals surface area contributed by atoms with Gasteiger partial charge in [-0.3, -0.25) is 14.9 Å². The minimum absolute atomic E-state index is 0.0670. The number of thiazole rings is 1. The van der Waals surface area contributed by atoms with Crippen LogP contribution in [0.25, 0.3) is 0 Å². The largest absolute Gasteiger partial charge is 0.481 e. The molecule has 0 aliphatic heterocycles. The number of anilines is 1. The molecule has 25 heavy (non-hydrogen) atoms. The van der Waals surface area contributed by atoms with Crippen LogP contribution in [0.5, 0.6) is 5.75 Å². The second-order valence-electron chi connectivity index (χ2n) is 5.01. The Balaban J connectivity index is 1.89. The molecule has 1 atom stereocenters. The zero-order valence-corrected chi connectivity index (χ0v) is 14.6. The van der Waals surface area contributed by atoms with Crippen molar-refractivity contribution in [3.8, 4) is 11.8 Å². The molecule has 130 valence electrons. The molecule has 0 aliphatic carbocycles. The highest BCUT2D eigenvalue weighted by molar-refractivity contribution is 7.13. The number of esters is 1. The summed E-state index contributed by atoms with van der Waals surface area (Å²) in [4.78, 5) is 27.8. The number of benzene rings is 1. The number of amides is 1. The lowest BCUT2D eigenvalue weighted by molar-refractivity contribution is -0.142. The highest BCUT2D eigenvalue weighted by atomic mass is 32.1. The number of nitrogens with zero attached hydrogens (tertiary/aromatic N) is 2. The Bertz CT molecular complexity index is 780. The summed E-state index contributed by atoms with van der Waals surface area (Å²) < 4.78 is 10.4. The molecule has 8 heteroatoms. The number of nitrogens with one attached hydrogen (secondary N) is 1. The fraction of sp³-hybridized carbons (Fsp3) is 0.294. The molecule has 1 aromatic heterocycles. The SMILES string of the molecule is CCOC(=O)Cc1csc(NC(=O)C(C)Oc2ccc(C#N)cc2)n1. The Morgan fingerprint density at radius 3 is 2.72 bits per heavy atom. The molecule has 0 fully saturated rings. The minimum atomic E-state index is -0.745. The van der Waals surface area contributed by atoms with E-state index < -0.39 is 6.10 Å². The average molecular weight is 359 g/mol. The van der Waals surface area contributed by atoms with Gasteiger partial charge in [0.1, 0.15) is 5.75 Å². The predicted molar refractivity (Wildman–Crippen MR) is 92.3 cm³/mol. The number of carbonyl (C=O) groups is 2. The van der Waals surface area contributed by atoms with E-state index in [4.69, 9.17) is 14.7 Å². The smallest absolute Gasteiger partial charge is 0.311 e. The maximum absolute atomic E-state index is 12.2. The first-order valence-electron chi connectivity index (χ1n) is 7.59. The van der Waals surface area contributed by atoms with Crippen molar-refractivity contribution >= 4 is 28.3 Å². The molecule has 0 spiro atoms. The number of carbonyl (C=O) groups excluding carboxylic acids is 2. The fourth-order valence-electron chi connectivity index (χ4n) is 1.88. The molecule has 0 aliphatic rings. The summed E-state index contributed by atoms with van der Waals surface area (Å²) in [6.07, 6.45) is -0.678. The quantitative estimate of drug-likeness (QED) is 0.762. The van der Waals surface area contributed by atoms with Crippen LogP contribution in [0.3, 0.4) is 0 Å². The Labute approximate surface area is 149 Å². The molecule has 0 bridgehead atoms. The van der Waals surface area contributed by atoms with Crippen molar-refractivity contribution in [2.45, 2.75) is 26.4 Å². The summed E-state index contributed by atoms with van der Waals surface area (Å²) in [5.41, 5.74) is 1.06. The maximum atomic E-state index is 12.2. The lowest BCUT2D eigenvalue weighted by Crippen LogP contribution is -2.30. The van der Waals surface area contributed by atoms with Crippen LogP contribution in [-0.4, -0.2) is 29.6 Å². The zero-order valence-electron chi connectivity index (χ0n) is 13.8. The van der Waals surface area contributed by atoms with Crippen molar-refractivity contribution in [2.24, 2.45) is 0 Å². The molecular formula is C17H17N3O4S. The third-order valence-corrected chi connectivity index (χ3v) is 3.88. The van der Waals surface area contributed by atoms with Crippen LogP contribution < -0.4 is 10.1 Å². The van der Waals surface area contributed by atoms with E-state index in [1.165, 1.54) is 11.3 Å².